The van der Waals surface area contributed by atoms with Crippen LogP contribution in [0.2, 0.25) is 0 Å². The van der Waals surface area contributed by atoms with Gasteiger partial charge in [-0.05, 0) is 77.0 Å². The highest BCUT2D eigenvalue weighted by molar-refractivity contribution is 7.42. The van der Waals surface area contributed by atoms with Gasteiger partial charge in [0.05, 0.1) is 61.2 Å². The summed E-state index contributed by atoms with van der Waals surface area (Å²) in [4.78, 5) is 24.3. The minimum atomic E-state index is -5.14. The Labute approximate surface area is 513 Å². The number of unbranched alkanes of at least 4 members (excludes halogenated alkanes) is 54. The summed E-state index contributed by atoms with van der Waals surface area (Å²) in [6.07, 6.45) is 87.5. The Balaban J connectivity index is -0.00000138. The van der Waals surface area contributed by atoms with E-state index in [-0.39, 0.29) is 0 Å². The highest BCUT2D eigenvalue weighted by Crippen LogP contribution is 2.21. The number of rotatable bonds is 66. The van der Waals surface area contributed by atoms with E-state index in [4.69, 9.17) is 19.2 Å². The summed E-state index contributed by atoms with van der Waals surface area (Å²) in [5.41, 5.74) is 0. The molecule has 0 bridgehead atoms. The lowest BCUT2D eigenvalue weighted by Crippen LogP contribution is -2.46. The molecule has 0 unspecified atom stereocenters. The summed E-state index contributed by atoms with van der Waals surface area (Å²) >= 11 is 0. The van der Waals surface area contributed by atoms with Gasteiger partial charge in [-0.3, -0.25) is 0 Å². The van der Waals surface area contributed by atoms with Crippen molar-refractivity contribution in [3.63, 3.8) is 0 Å². The Morgan fingerprint density at radius 2 is 0.284 bits per heavy atom. The fourth-order valence-electron chi connectivity index (χ4n) is 12.6. The average molecular weight is 1170 g/mol. The lowest BCUT2D eigenvalue weighted by molar-refractivity contribution is -0.910. The first-order valence-electron chi connectivity index (χ1n) is 37.8. The minimum absolute atomic E-state index is 1.37. The molecule has 0 spiro atoms. The number of phosphoric acid groups is 1. The molecular weight excluding hydrogens is 1010 g/mol. The van der Waals surface area contributed by atoms with Crippen molar-refractivity contribution in [3.8, 4) is 0 Å². The van der Waals surface area contributed by atoms with Crippen LogP contribution in [0.15, 0.2) is 0 Å². The first-order valence-corrected chi connectivity index (χ1v) is 39.3. The third kappa shape index (κ3) is 80.0. The maximum Gasteiger partial charge on any atom is 0.0784 e. The van der Waals surface area contributed by atoms with Gasteiger partial charge in [-0.2, -0.15) is 0 Å². The van der Waals surface area contributed by atoms with Crippen LogP contribution >= 0.6 is 7.82 Å². The normalized spacial score (nSPS) is 12.0. The van der Waals surface area contributed by atoms with Crippen LogP contribution < -0.4 is 9.79 Å². The molecule has 0 atom stereocenters. The largest absolute Gasteiger partial charge is 0.790 e. The molecule has 0 saturated heterocycles. The van der Waals surface area contributed by atoms with Crippen molar-refractivity contribution in [2.45, 2.75) is 427 Å². The number of hydrogen-bond donors (Lipinski definition) is 1. The molecule has 6 nitrogen and oxygen atoms in total. The van der Waals surface area contributed by atoms with Crippen LogP contribution in [-0.2, 0) is 4.57 Å². The Morgan fingerprint density at radius 3 is 0.370 bits per heavy atom. The van der Waals surface area contributed by atoms with Gasteiger partial charge in [0, 0.05) is 0 Å². The van der Waals surface area contributed by atoms with Gasteiger partial charge in [-0.15, -0.1) is 0 Å². The molecule has 0 aliphatic carbocycles. The van der Waals surface area contributed by atoms with Crippen molar-refractivity contribution in [2.24, 2.45) is 0 Å². The molecular formula is C74H157N2O4P. The molecule has 0 aromatic heterocycles. The van der Waals surface area contributed by atoms with Crippen molar-refractivity contribution in [3.05, 3.63) is 0 Å². The predicted octanol–water partition coefficient (Wildman–Crippen LogP) is 24.2. The van der Waals surface area contributed by atoms with Crippen molar-refractivity contribution >= 4 is 7.82 Å². The van der Waals surface area contributed by atoms with Gasteiger partial charge in [0.25, 0.3) is 0 Å². The fourth-order valence-corrected chi connectivity index (χ4v) is 12.6. The molecule has 1 N–H and O–H groups in total. The molecule has 0 heterocycles. The number of hydrogen-bond acceptors (Lipinski definition) is 3. The molecule has 0 saturated carbocycles. The topological polar surface area (TPSA) is 83.4 Å². The van der Waals surface area contributed by atoms with Crippen LogP contribution in [0.3, 0.4) is 0 Å². The first kappa shape index (κ1) is 85.2. The van der Waals surface area contributed by atoms with Crippen molar-refractivity contribution in [1.29, 1.82) is 0 Å². The third-order valence-corrected chi connectivity index (χ3v) is 18.3. The smallest absolute Gasteiger partial charge is 0.0784 e. The Bertz CT molecular complexity index is 959. The fraction of sp³-hybridized carbons (Fsp3) is 1.00. The van der Waals surface area contributed by atoms with Gasteiger partial charge < -0.3 is 28.2 Å². The van der Waals surface area contributed by atoms with E-state index in [1.54, 1.807) is 0 Å². The molecule has 81 heavy (non-hydrogen) atoms. The molecule has 7 heteroatoms. The van der Waals surface area contributed by atoms with Gasteiger partial charge in [-0.25, -0.2) is 0 Å². The van der Waals surface area contributed by atoms with Gasteiger partial charge in [0.2, 0.25) is 0 Å². The van der Waals surface area contributed by atoms with E-state index in [1.807, 2.05) is 0 Å². The summed E-state index contributed by atoms with van der Waals surface area (Å²) < 4.78 is 11.4. The van der Waals surface area contributed by atoms with Gasteiger partial charge in [0.15, 0.2) is 0 Å². The summed E-state index contributed by atoms with van der Waals surface area (Å²) in [6.45, 7) is 22.5. The zero-order valence-electron chi connectivity index (χ0n) is 57.7. The van der Waals surface area contributed by atoms with E-state index >= 15 is 0 Å². The second-order valence-electron chi connectivity index (χ2n) is 27.1. The van der Waals surface area contributed by atoms with Crippen LogP contribution in [0.25, 0.3) is 0 Å². The second kappa shape index (κ2) is 70.8. The highest BCUT2D eigenvalue weighted by Gasteiger charge is 2.21. The van der Waals surface area contributed by atoms with E-state index in [2.05, 4.69) is 55.6 Å². The summed E-state index contributed by atoms with van der Waals surface area (Å²) in [5.74, 6) is 0. The number of nitrogens with zero attached hydrogens (tertiary/aromatic N) is 2. The lowest BCUT2D eigenvalue weighted by Gasteiger charge is -2.35. The average Bonchev–Trinajstić information content (AvgIpc) is 3.44. The summed E-state index contributed by atoms with van der Waals surface area (Å²) in [6, 6.07) is 0. The molecule has 0 radical (unpaired) electrons. The standard InChI is InChI=1S/2C37H78N.H3O4P/c2*1-5-8-11-14-17-20-23-26-29-32-35-38(4,36-33-30-27-24-21-18-15-12-9-6-2)37-34-31-28-25-22-19-16-13-10-7-3;1-5(2,3)4/h2*5-37H2,1-4H3;(H3,1,2,3,4)/q2*+1;/p-2. The van der Waals surface area contributed by atoms with E-state index < -0.39 is 7.82 Å². The van der Waals surface area contributed by atoms with Crippen molar-refractivity contribution in [1.82, 2.24) is 0 Å². The monoisotopic (exact) mass is 1170 g/mol. The zero-order chi connectivity index (χ0) is 60.2. The van der Waals surface area contributed by atoms with Crippen LogP contribution in [0.4, 0.5) is 0 Å². The summed E-state index contributed by atoms with van der Waals surface area (Å²) in [5, 5.41) is 0. The Kier molecular flexibility index (Phi) is 74.5. The SMILES string of the molecule is CCCCCCCCCCCC[N+](C)(CCCCCCCCCCCC)CCCCCCCCCCCC.CCCCCCCCCCCC[N+](C)(CCCCCCCCCCCC)CCCCCCCCCCCC.O=P([O-])([O-])O. The van der Waals surface area contributed by atoms with E-state index in [1.165, 1.54) is 433 Å². The maximum atomic E-state index is 8.66. The second-order valence-corrected chi connectivity index (χ2v) is 28.1. The van der Waals surface area contributed by atoms with Gasteiger partial charge in [-0.1, -0.05) is 350 Å². The van der Waals surface area contributed by atoms with E-state index in [0.717, 1.165) is 0 Å². The predicted molar refractivity (Wildman–Crippen MR) is 362 cm³/mol. The minimum Gasteiger partial charge on any atom is -0.790 e. The molecule has 0 amide bonds. The van der Waals surface area contributed by atoms with E-state index in [9.17, 15) is 0 Å². The molecule has 492 valence electrons. The maximum absolute atomic E-state index is 8.66. The molecule has 0 aliphatic rings. The van der Waals surface area contributed by atoms with Crippen LogP contribution in [0, 0.1) is 0 Å². The zero-order valence-corrected chi connectivity index (χ0v) is 58.6. The van der Waals surface area contributed by atoms with Crippen LogP contribution in [-0.4, -0.2) is 67.2 Å². The molecule has 0 rings (SSSR count). The van der Waals surface area contributed by atoms with Crippen LogP contribution in [0.1, 0.15) is 427 Å². The highest BCUT2D eigenvalue weighted by atomic mass is 31.2. The van der Waals surface area contributed by atoms with E-state index in [0.29, 0.717) is 0 Å². The quantitative estimate of drug-likeness (QED) is 0.0374. The number of quaternary nitrogens is 2. The third-order valence-electron chi connectivity index (χ3n) is 18.3. The van der Waals surface area contributed by atoms with Gasteiger partial charge >= 0.3 is 0 Å². The molecule has 0 aromatic carbocycles. The Morgan fingerprint density at radius 1 is 0.210 bits per heavy atom. The first-order chi connectivity index (χ1) is 39.4. The van der Waals surface area contributed by atoms with Gasteiger partial charge in [0.1, 0.15) is 0 Å². The molecule has 0 aromatic rings. The van der Waals surface area contributed by atoms with Crippen molar-refractivity contribution in [2.75, 3.05) is 53.4 Å². The lowest BCUT2D eigenvalue weighted by atomic mass is 10.0. The summed E-state index contributed by atoms with van der Waals surface area (Å²) in [7, 11) is 0.0738. The molecule has 0 fully saturated rings. The van der Waals surface area contributed by atoms with Crippen molar-refractivity contribution < 1.29 is 28.2 Å². The molecule has 0 aliphatic heterocycles. The Hall–Kier alpha value is 0.0300. The van der Waals surface area contributed by atoms with Crippen LogP contribution in [0.5, 0.6) is 0 Å².